The van der Waals surface area contributed by atoms with Gasteiger partial charge in [-0.25, -0.2) is 0 Å². The average Bonchev–Trinajstić information content (AvgIpc) is 2.87. The molecule has 0 unspecified atom stereocenters. The Morgan fingerprint density at radius 1 is 0.647 bits per heavy atom. The van der Waals surface area contributed by atoms with Gasteiger partial charge in [0.25, 0.3) is 0 Å². The Morgan fingerprint density at radius 3 is 1.53 bits per heavy atom. The van der Waals surface area contributed by atoms with Gasteiger partial charge >= 0.3 is 0 Å². The molecule has 0 saturated carbocycles. The van der Waals surface area contributed by atoms with Crippen molar-refractivity contribution in [1.29, 1.82) is 0 Å². The van der Waals surface area contributed by atoms with Gasteiger partial charge in [-0.3, -0.25) is 4.90 Å². The summed E-state index contributed by atoms with van der Waals surface area (Å²) in [4.78, 5) is 2.38. The quantitative estimate of drug-likeness (QED) is 0.157. The van der Waals surface area contributed by atoms with Gasteiger partial charge in [0.05, 0.1) is 12.6 Å². The normalized spacial score (nSPS) is 12.6. The van der Waals surface area contributed by atoms with Gasteiger partial charge in [-0.05, 0) is 24.0 Å². The Labute approximate surface area is 210 Å². The Morgan fingerprint density at radius 2 is 1.09 bits per heavy atom. The molecule has 2 aromatic carbocycles. The molecule has 188 valence electrons. The van der Waals surface area contributed by atoms with E-state index in [0.29, 0.717) is 0 Å². The zero-order valence-electron chi connectivity index (χ0n) is 21.7. The highest BCUT2D eigenvalue weighted by Crippen LogP contribution is 2.16. The van der Waals surface area contributed by atoms with Gasteiger partial charge in [-0.15, -0.1) is 0 Å². The van der Waals surface area contributed by atoms with E-state index >= 15 is 0 Å². The van der Waals surface area contributed by atoms with Gasteiger partial charge in [0.15, 0.2) is 0 Å². The molecule has 0 bridgehead atoms. The first-order chi connectivity index (χ1) is 16.8. The molecule has 0 heterocycles. The standard InChI is InChI=1S/C32H49NO/c1-2-3-4-5-6-7-8-9-10-11-12-13-14-21-26-32(29-34)33(27-30-22-17-15-18-23-30)28-31-24-19-16-20-25-31/h15-26,32,34H,2-14,27-29H2,1H3/b26-21-/t32-/m1/s1. The van der Waals surface area contributed by atoms with Crippen LogP contribution in [0.15, 0.2) is 72.8 Å². The van der Waals surface area contributed by atoms with Crippen LogP contribution in [0.5, 0.6) is 0 Å². The highest BCUT2D eigenvalue weighted by Gasteiger charge is 2.16. The maximum absolute atomic E-state index is 10.2. The van der Waals surface area contributed by atoms with Gasteiger partial charge in [0.1, 0.15) is 0 Å². The van der Waals surface area contributed by atoms with Gasteiger partial charge in [0.2, 0.25) is 0 Å². The third-order valence-electron chi connectivity index (χ3n) is 6.70. The molecule has 0 radical (unpaired) electrons. The fraction of sp³-hybridized carbons (Fsp3) is 0.562. The molecule has 2 nitrogen and oxygen atoms in total. The fourth-order valence-corrected chi connectivity index (χ4v) is 4.58. The van der Waals surface area contributed by atoms with Crippen LogP contribution in [0.1, 0.15) is 102 Å². The topological polar surface area (TPSA) is 23.5 Å². The summed E-state index contributed by atoms with van der Waals surface area (Å²) in [6.45, 7) is 4.11. The van der Waals surface area contributed by atoms with Gasteiger partial charge in [-0.2, -0.15) is 0 Å². The van der Waals surface area contributed by atoms with E-state index in [4.69, 9.17) is 0 Å². The highest BCUT2D eigenvalue weighted by atomic mass is 16.3. The second-order valence-electron chi connectivity index (χ2n) is 9.73. The molecule has 0 aliphatic rings. The fourth-order valence-electron chi connectivity index (χ4n) is 4.58. The average molecular weight is 464 g/mol. The van der Waals surface area contributed by atoms with Crippen molar-refractivity contribution in [3.05, 3.63) is 83.9 Å². The zero-order valence-corrected chi connectivity index (χ0v) is 21.7. The summed E-state index contributed by atoms with van der Waals surface area (Å²) < 4.78 is 0. The molecule has 2 rings (SSSR count). The van der Waals surface area contributed by atoms with Gasteiger partial charge < -0.3 is 5.11 Å². The number of rotatable bonds is 20. The van der Waals surface area contributed by atoms with Crippen LogP contribution < -0.4 is 0 Å². The lowest BCUT2D eigenvalue weighted by Gasteiger charge is -2.29. The van der Waals surface area contributed by atoms with Crippen LogP contribution in [0.25, 0.3) is 0 Å². The Balaban J connectivity index is 1.67. The Kier molecular flexibility index (Phi) is 16.2. The molecule has 0 amide bonds. The maximum Gasteiger partial charge on any atom is 0.0622 e. The second kappa shape index (κ2) is 19.4. The molecule has 34 heavy (non-hydrogen) atoms. The summed E-state index contributed by atoms with van der Waals surface area (Å²) >= 11 is 0. The third kappa shape index (κ3) is 13.1. The molecule has 0 aliphatic heterocycles. The molecule has 2 aromatic rings. The lowest BCUT2D eigenvalue weighted by Crippen LogP contribution is -2.35. The van der Waals surface area contributed by atoms with Crippen LogP contribution in [0.2, 0.25) is 0 Å². The van der Waals surface area contributed by atoms with E-state index in [1.54, 1.807) is 0 Å². The van der Waals surface area contributed by atoms with Crippen molar-refractivity contribution in [2.75, 3.05) is 6.61 Å². The number of benzene rings is 2. The molecular weight excluding hydrogens is 414 g/mol. The van der Waals surface area contributed by atoms with E-state index in [-0.39, 0.29) is 12.6 Å². The lowest BCUT2D eigenvalue weighted by atomic mass is 10.0. The van der Waals surface area contributed by atoms with E-state index in [1.807, 2.05) is 0 Å². The Bertz CT molecular complexity index is 686. The monoisotopic (exact) mass is 463 g/mol. The minimum absolute atomic E-state index is 0.0396. The van der Waals surface area contributed by atoms with Gasteiger partial charge in [-0.1, -0.05) is 150 Å². The molecule has 2 heteroatoms. The van der Waals surface area contributed by atoms with Crippen molar-refractivity contribution in [3.63, 3.8) is 0 Å². The Hall–Kier alpha value is -1.90. The highest BCUT2D eigenvalue weighted by molar-refractivity contribution is 5.18. The SMILES string of the molecule is CCCCCCCCCCCCCC/C=C\[C@H](CO)N(Cc1ccccc1)Cc1ccccc1. The molecule has 0 fully saturated rings. The first-order valence-corrected chi connectivity index (χ1v) is 13.9. The predicted octanol–water partition coefficient (Wildman–Crippen LogP) is 8.70. The molecular formula is C32H49NO. The van der Waals surface area contributed by atoms with E-state index in [2.05, 4.69) is 84.6 Å². The van der Waals surface area contributed by atoms with Crippen molar-refractivity contribution >= 4 is 0 Å². The minimum Gasteiger partial charge on any atom is -0.394 e. The van der Waals surface area contributed by atoms with Crippen molar-refractivity contribution in [2.45, 2.75) is 110 Å². The van der Waals surface area contributed by atoms with Crippen LogP contribution in [0.3, 0.4) is 0 Å². The van der Waals surface area contributed by atoms with Crippen molar-refractivity contribution in [3.8, 4) is 0 Å². The van der Waals surface area contributed by atoms with E-state index in [0.717, 1.165) is 19.5 Å². The van der Waals surface area contributed by atoms with Crippen molar-refractivity contribution in [1.82, 2.24) is 4.90 Å². The summed E-state index contributed by atoms with van der Waals surface area (Å²) in [6.07, 6.45) is 22.3. The minimum atomic E-state index is 0.0396. The first-order valence-electron chi connectivity index (χ1n) is 13.9. The van der Waals surface area contributed by atoms with Crippen LogP contribution in [0, 0.1) is 0 Å². The molecule has 1 N–H and O–H groups in total. The summed E-state index contributed by atoms with van der Waals surface area (Å²) in [6, 6.07) is 21.2. The largest absolute Gasteiger partial charge is 0.394 e. The molecule has 1 atom stereocenters. The van der Waals surface area contributed by atoms with E-state index in [9.17, 15) is 5.11 Å². The number of aliphatic hydroxyl groups is 1. The predicted molar refractivity (Wildman–Crippen MR) is 148 cm³/mol. The van der Waals surface area contributed by atoms with Crippen LogP contribution in [-0.2, 0) is 13.1 Å². The second-order valence-corrected chi connectivity index (χ2v) is 9.73. The van der Waals surface area contributed by atoms with Crippen molar-refractivity contribution < 1.29 is 5.11 Å². The summed E-state index contributed by atoms with van der Waals surface area (Å²) in [7, 11) is 0. The number of nitrogens with zero attached hydrogens (tertiary/aromatic N) is 1. The van der Waals surface area contributed by atoms with E-state index < -0.39 is 0 Å². The number of allylic oxidation sites excluding steroid dienone is 1. The number of unbranched alkanes of at least 4 members (excludes halogenated alkanes) is 12. The summed E-state index contributed by atoms with van der Waals surface area (Å²) in [5.74, 6) is 0. The molecule has 0 saturated heterocycles. The molecule has 0 spiro atoms. The molecule has 0 aromatic heterocycles. The number of hydrogen-bond donors (Lipinski definition) is 1. The third-order valence-corrected chi connectivity index (χ3v) is 6.70. The first kappa shape index (κ1) is 28.3. The summed E-state index contributed by atoms with van der Waals surface area (Å²) in [5, 5.41) is 10.2. The lowest BCUT2D eigenvalue weighted by molar-refractivity contribution is 0.139. The maximum atomic E-state index is 10.2. The van der Waals surface area contributed by atoms with Crippen LogP contribution in [-0.4, -0.2) is 22.7 Å². The van der Waals surface area contributed by atoms with E-state index in [1.165, 1.54) is 88.2 Å². The van der Waals surface area contributed by atoms with Gasteiger partial charge in [0, 0.05) is 13.1 Å². The van der Waals surface area contributed by atoms with Crippen molar-refractivity contribution in [2.24, 2.45) is 0 Å². The number of hydrogen-bond acceptors (Lipinski definition) is 2. The smallest absolute Gasteiger partial charge is 0.0622 e. The number of aliphatic hydroxyl groups excluding tert-OH is 1. The zero-order chi connectivity index (χ0) is 24.1. The van der Waals surface area contributed by atoms with Crippen LogP contribution >= 0.6 is 0 Å². The summed E-state index contributed by atoms with van der Waals surface area (Å²) in [5.41, 5.74) is 2.57. The van der Waals surface area contributed by atoms with Crippen LogP contribution in [0.4, 0.5) is 0 Å². The molecule has 0 aliphatic carbocycles.